The van der Waals surface area contributed by atoms with Crippen molar-refractivity contribution in [2.24, 2.45) is 0 Å². The van der Waals surface area contributed by atoms with Crippen LogP contribution >= 0.6 is 0 Å². The summed E-state index contributed by atoms with van der Waals surface area (Å²) in [5.41, 5.74) is 0.895. The monoisotopic (exact) mass is 267 g/mol. The molecular formula is C14H22FN3O. The Balaban J connectivity index is 1.64. The molecular weight excluding hydrogens is 245 g/mol. The number of aromatic nitrogens is 1. The van der Waals surface area contributed by atoms with E-state index in [1.807, 2.05) is 6.92 Å². The highest BCUT2D eigenvalue weighted by Gasteiger charge is 2.10. The number of ether oxygens (including phenoxy) is 1. The molecule has 1 aromatic heterocycles. The van der Waals surface area contributed by atoms with E-state index in [9.17, 15) is 4.39 Å². The molecule has 106 valence electrons. The van der Waals surface area contributed by atoms with Crippen LogP contribution in [0.25, 0.3) is 0 Å². The van der Waals surface area contributed by atoms with Crippen molar-refractivity contribution in [3.05, 3.63) is 29.8 Å². The van der Waals surface area contributed by atoms with Gasteiger partial charge in [-0.25, -0.2) is 4.39 Å². The average Bonchev–Trinajstić information content (AvgIpc) is 2.44. The number of hydrogen-bond donors (Lipinski definition) is 1. The maximum Gasteiger partial charge on any atom is 0.141 e. The second-order valence-electron chi connectivity index (χ2n) is 4.92. The first-order chi connectivity index (χ1) is 9.25. The molecule has 1 aliphatic rings. The van der Waals surface area contributed by atoms with Crippen LogP contribution in [0.3, 0.4) is 0 Å². The molecule has 0 amide bonds. The molecule has 5 heteroatoms. The van der Waals surface area contributed by atoms with Crippen LogP contribution in [0.4, 0.5) is 4.39 Å². The fourth-order valence-electron chi connectivity index (χ4n) is 2.23. The third-order valence-electron chi connectivity index (χ3n) is 3.43. The number of nitrogens with one attached hydrogen (secondary N) is 1. The zero-order valence-corrected chi connectivity index (χ0v) is 11.4. The Bertz CT molecular complexity index is 383. The topological polar surface area (TPSA) is 37.4 Å². The third kappa shape index (κ3) is 4.86. The van der Waals surface area contributed by atoms with E-state index in [4.69, 9.17) is 4.74 Å². The number of hydrogen-bond acceptors (Lipinski definition) is 4. The molecule has 4 nitrogen and oxygen atoms in total. The Kier molecular flexibility index (Phi) is 5.69. The van der Waals surface area contributed by atoms with E-state index in [0.717, 1.165) is 51.4 Å². The van der Waals surface area contributed by atoms with Gasteiger partial charge in [-0.1, -0.05) is 0 Å². The standard InChI is InChI=1S/C14H22FN3O/c1-12(13-9-14(15)11-16-10-13)17-3-2-4-18-5-7-19-8-6-18/h9-12,17H,2-8H2,1H3. The van der Waals surface area contributed by atoms with Gasteiger partial charge in [0.05, 0.1) is 19.4 Å². The molecule has 1 saturated heterocycles. The molecule has 0 aliphatic carbocycles. The van der Waals surface area contributed by atoms with E-state index in [2.05, 4.69) is 15.2 Å². The minimum atomic E-state index is -0.278. The quantitative estimate of drug-likeness (QED) is 0.794. The van der Waals surface area contributed by atoms with Gasteiger partial charge >= 0.3 is 0 Å². The summed E-state index contributed by atoms with van der Waals surface area (Å²) in [4.78, 5) is 6.29. The number of nitrogens with zero attached hydrogens (tertiary/aromatic N) is 2. The van der Waals surface area contributed by atoms with Gasteiger partial charge in [-0.2, -0.15) is 0 Å². The van der Waals surface area contributed by atoms with Crippen molar-refractivity contribution in [1.29, 1.82) is 0 Å². The lowest BCUT2D eigenvalue weighted by Gasteiger charge is -2.26. The Labute approximate surface area is 114 Å². The molecule has 0 bridgehead atoms. The predicted octanol–water partition coefficient (Wildman–Crippen LogP) is 1.59. The summed E-state index contributed by atoms with van der Waals surface area (Å²) in [7, 11) is 0. The number of rotatable bonds is 6. The van der Waals surface area contributed by atoms with E-state index in [0.29, 0.717) is 0 Å². The molecule has 2 heterocycles. The molecule has 1 fully saturated rings. The van der Waals surface area contributed by atoms with Gasteiger partial charge in [-0.3, -0.25) is 9.88 Å². The highest BCUT2D eigenvalue weighted by Crippen LogP contribution is 2.11. The van der Waals surface area contributed by atoms with Crippen LogP contribution in [0.15, 0.2) is 18.5 Å². The third-order valence-corrected chi connectivity index (χ3v) is 3.43. The molecule has 1 aliphatic heterocycles. The fraction of sp³-hybridized carbons (Fsp3) is 0.643. The van der Waals surface area contributed by atoms with Gasteiger partial charge in [0.1, 0.15) is 5.82 Å². The van der Waals surface area contributed by atoms with Gasteiger partial charge < -0.3 is 10.1 Å². The van der Waals surface area contributed by atoms with Crippen LogP contribution in [0.2, 0.25) is 0 Å². The van der Waals surface area contributed by atoms with Crippen LogP contribution in [0.5, 0.6) is 0 Å². The second kappa shape index (κ2) is 7.53. The van der Waals surface area contributed by atoms with Gasteiger partial charge in [0.15, 0.2) is 0 Å². The second-order valence-corrected chi connectivity index (χ2v) is 4.92. The number of pyridine rings is 1. The van der Waals surface area contributed by atoms with Crippen LogP contribution in [-0.2, 0) is 4.74 Å². The van der Waals surface area contributed by atoms with Crippen molar-refractivity contribution in [2.75, 3.05) is 39.4 Å². The summed E-state index contributed by atoms with van der Waals surface area (Å²) in [5.74, 6) is -0.278. The summed E-state index contributed by atoms with van der Waals surface area (Å²) in [5, 5.41) is 3.40. The van der Waals surface area contributed by atoms with Crippen molar-refractivity contribution in [2.45, 2.75) is 19.4 Å². The Hall–Kier alpha value is -1.04. The number of halogens is 1. The van der Waals surface area contributed by atoms with E-state index in [-0.39, 0.29) is 11.9 Å². The van der Waals surface area contributed by atoms with Crippen molar-refractivity contribution < 1.29 is 9.13 Å². The first kappa shape index (κ1) is 14.4. The SMILES string of the molecule is CC(NCCCN1CCOCC1)c1cncc(F)c1. The normalized spacial score (nSPS) is 18.4. The molecule has 0 aromatic carbocycles. The van der Waals surface area contributed by atoms with Gasteiger partial charge in [-0.15, -0.1) is 0 Å². The minimum Gasteiger partial charge on any atom is -0.379 e. The van der Waals surface area contributed by atoms with Crippen LogP contribution in [0, 0.1) is 5.82 Å². The predicted molar refractivity (Wildman–Crippen MR) is 72.5 cm³/mol. The van der Waals surface area contributed by atoms with Crippen molar-refractivity contribution >= 4 is 0 Å². The Morgan fingerprint density at radius 3 is 2.95 bits per heavy atom. The summed E-state index contributed by atoms with van der Waals surface area (Å²) >= 11 is 0. The van der Waals surface area contributed by atoms with Crippen molar-refractivity contribution in [3.63, 3.8) is 0 Å². The van der Waals surface area contributed by atoms with Gasteiger partial charge in [0, 0.05) is 25.3 Å². The minimum absolute atomic E-state index is 0.132. The average molecular weight is 267 g/mol. The van der Waals surface area contributed by atoms with E-state index >= 15 is 0 Å². The van der Waals surface area contributed by atoms with Crippen LogP contribution in [0.1, 0.15) is 24.9 Å². The van der Waals surface area contributed by atoms with Gasteiger partial charge in [0.25, 0.3) is 0 Å². The van der Waals surface area contributed by atoms with Crippen LogP contribution in [-0.4, -0.2) is 49.3 Å². The molecule has 0 spiro atoms. The van der Waals surface area contributed by atoms with Crippen molar-refractivity contribution in [3.8, 4) is 0 Å². The van der Waals surface area contributed by atoms with Crippen molar-refractivity contribution in [1.82, 2.24) is 15.2 Å². The molecule has 19 heavy (non-hydrogen) atoms. The first-order valence-electron chi connectivity index (χ1n) is 6.89. The summed E-state index contributed by atoms with van der Waals surface area (Å²) in [6.07, 6.45) is 4.03. The van der Waals surface area contributed by atoms with E-state index < -0.39 is 0 Å². The molecule has 0 saturated carbocycles. The van der Waals surface area contributed by atoms with Crippen LogP contribution < -0.4 is 5.32 Å². The Morgan fingerprint density at radius 2 is 2.21 bits per heavy atom. The zero-order valence-electron chi connectivity index (χ0n) is 11.4. The summed E-state index contributed by atoms with van der Waals surface area (Å²) in [6.45, 7) is 7.80. The molecule has 0 radical (unpaired) electrons. The molecule has 1 aromatic rings. The number of morpholine rings is 1. The van der Waals surface area contributed by atoms with E-state index in [1.165, 1.54) is 12.3 Å². The highest BCUT2D eigenvalue weighted by atomic mass is 19.1. The molecule has 1 N–H and O–H groups in total. The zero-order chi connectivity index (χ0) is 13.5. The summed E-state index contributed by atoms with van der Waals surface area (Å²) in [6, 6.07) is 1.67. The lowest BCUT2D eigenvalue weighted by atomic mass is 10.1. The molecule has 1 atom stereocenters. The maximum absolute atomic E-state index is 13.0. The fourth-order valence-corrected chi connectivity index (χ4v) is 2.23. The lowest BCUT2D eigenvalue weighted by molar-refractivity contribution is 0.0374. The summed E-state index contributed by atoms with van der Waals surface area (Å²) < 4.78 is 18.4. The van der Waals surface area contributed by atoms with Gasteiger partial charge in [0.2, 0.25) is 0 Å². The van der Waals surface area contributed by atoms with E-state index in [1.54, 1.807) is 6.20 Å². The Morgan fingerprint density at radius 1 is 1.42 bits per heavy atom. The molecule has 2 rings (SSSR count). The molecule has 1 unspecified atom stereocenters. The largest absolute Gasteiger partial charge is 0.379 e. The maximum atomic E-state index is 13.0. The first-order valence-corrected chi connectivity index (χ1v) is 6.89. The smallest absolute Gasteiger partial charge is 0.141 e. The highest BCUT2D eigenvalue weighted by molar-refractivity contribution is 5.14. The lowest BCUT2D eigenvalue weighted by Crippen LogP contribution is -2.37. The van der Waals surface area contributed by atoms with Gasteiger partial charge in [-0.05, 0) is 38.1 Å².